The van der Waals surface area contributed by atoms with Crippen molar-refractivity contribution in [3.63, 3.8) is 0 Å². The van der Waals surface area contributed by atoms with Crippen LogP contribution in [0.3, 0.4) is 0 Å². The molecular weight excluding hydrogens is 360 g/mol. The van der Waals surface area contributed by atoms with E-state index < -0.39 is 35.5 Å². The first-order chi connectivity index (χ1) is 13.0. The highest BCUT2D eigenvalue weighted by Gasteiger charge is 2.56. The molecule has 2 saturated heterocycles. The summed E-state index contributed by atoms with van der Waals surface area (Å²) in [5.74, 6) is -1.54. The number of ether oxygens (including phenoxy) is 5. The standard InChI is InChI=1S/C22H32O6/c1-15(2)22(23,18-14-26-21(5,6)28-18)19(17-13-25-20(3,4)27-17)24-12-16-10-8-7-9-11-16/h7-11,17-19,23H,1,12-14H2,2-6H3/t17-,18-,19+,22+/m0/s1. The quantitative estimate of drug-likeness (QED) is 0.719. The van der Waals surface area contributed by atoms with E-state index in [-0.39, 0.29) is 6.61 Å². The summed E-state index contributed by atoms with van der Waals surface area (Å²) in [6.45, 7) is 14.0. The molecule has 3 rings (SSSR count). The molecule has 2 heterocycles. The van der Waals surface area contributed by atoms with E-state index in [1.54, 1.807) is 6.92 Å². The van der Waals surface area contributed by atoms with Gasteiger partial charge in [0.1, 0.15) is 23.9 Å². The van der Waals surface area contributed by atoms with E-state index in [0.717, 1.165) is 5.56 Å². The maximum atomic E-state index is 11.8. The van der Waals surface area contributed by atoms with Crippen LogP contribution in [0.4, 0.5) is 0 Å². The molecule has 28 heavy (non-hydrogen) atoms. The average molecular weight is 392 g/mol. The van der Waals surface area contributed by atoms with Gasteiger partial charge in [-0.05, 0) is 45.8 Å². The van der Waals surface area contributed by atoms with Crippen LogP contribution >= 0.6 is 0 Å². The molecule has 0 bridgehead atoms. The maximum absolute atomic E-state index is 11.8. The summed E-state index contributed by atoms with van der Waals surface area (Å²) >= 11 is 0. The third-order valence-corrected chi connectivity index (χ3v) is 5.26. The minimum atomic E-state index is -1.50. The highest BCUT2D eigenvalue weighted by atomic mass is 16.8. The molecule has 0 amide bonds. The number of benzene rings is 1. The van der Waals surface area contributed by atoms with Crippen LogP contribution in [0.15, 0.2) is 42.5 Å². The third-order valence-electron chi connectivity index (χ3n) is 5.26. The van der Waals surface area contributed by atoms with Crippen LogP contribution in [0.1, 0.15) is 40.2 Å². The second-order valence-electron chi connectivity index (χ2n) is 8.51. The first-order valence-corrected chi connectivity index (χ1v) is 9.71. The van der Waals surface area contributed by atoms with E-state index in [0.29, 0.717) is 18.8 Å². The lowest BCUT2D eigenvalue weighted by molar-refractivity contribution is -0.221. The normalized spacial score (nSPS) is 29.4. The fourth-order valence-corrected chi connectivity index (χ4v) is 3.75. The van der Waals surface area contributed by atoms with Crippen LogP contribution in [-0.2, 0) is 30.3 Å². The molecule has 1 aromatic rings. The number of rotatable bonds is 7. The van der Waals surface area contributed by atoms with Gasteiger partial charge in [-0.3, -0.25) is 0 Å². The summed E-state index contributed by atoms with van der Waals surface area (Å²) in [5, 5.41) is 11.8. The monoisotopic (exact) mass is 392 g/mol. The molecule has 156 valence electrons. The highest BCUT2D eigenvalue weighted by molar-refractivity contribution is 5.21. The van der Waals surface area contributed by atoms with Crippen molar-refractivity contribution in [2.24, 2.45) is 0 Å². The molecule has 0 saturated carbocycles. The fourth-order valence-electron chi connectivity index (χ4n) is 3.75. The van der Waals surface area contributed by atoms with Gasteiger partial charge >= 0.3 is 0 Å². The Hall–Kier alpha value is -1.28. The van der Waals surface area contributed by atoms with Gasteiger partial charge in [-0.15, -0.1) is 0 Å². The van der Waals surface area contributed by atoms with Crippen molar-refractivity contribution >= 4 is 0 Å². The lowest BCUT2D eigenvalue weighted by atomic mass is 9.81. The van der Waals surface area contributed by atoms with Gasteiger partial charge in [-0.25, -0.2) is 0 Å². The lowest BCUT2D eigenvalue weighted by Crippen LogP contribution is -2.60. The zero-order valence-corrected chi connectivity index (χ0v) is 17.4. The summed E-state index contributed by atoms with van der Waals surface area (Å²) in [5.41, 5.74) is 0.0283. The Balaban J connectivity index is 1.89. The van der Waals surface area contributed by atoms with E-state index in [4.69, 9.17) is 23.7 Å². The van der Waals surface area contributed by atoms with Crippen molar-refractivity contribution in [2.45, 2.75) is 76.7 Å². The number of hydrogen-bond acceptors (Lipinski definition) is 6. The zero-order chi connectivity index (χ0) is 20.6. The average Bonchev–Trinajstić information content (AvgIpc) is 3.17. The minimum absolute atomic E-state index is 0.235. The Kier molecular flexibility index (Phi) is 6.01. The number of hydrogen-bond donors (Lipinski definition) is 1. The minimum Gasteiger partial charge on any atom is -0.380 e. The third kappa shape index (κ3) is 4.48. The van der Waals surface area contributed by atoms with Crippen molar-refractivity contribution in [3.05, 3.63) is 48.0 Å². The Labute approximate surface area is 167 Å². The Bertz CT molecular complexity index is 686. The first-order valence-electron chi connectivity index (χ1n) is 9.71. The van der Waals surface area contributed by atoms with Gasteiger partial charge in [-0.1, -0.05) is 36.9 Å². The summed E-state index contributed by atoms with van der Waals surface area (Å²) < 4.78 is 29.8. The molecule has 0 aliphatic carbocycles. The van der Waals surface area contributed by atoms with Crippen LogP contribution in [0.5, 0.6) is 0 Å². The first kappa shape index (κ1) is 21.4. The zero-order valence-electron chi connectivity index (χ0n) is 17.4. The van der Waals surface area contributed by atoms with Crippen molar-refractivity contribution < 1.29 is 28.8 Å². The van der Waals surface area contributed by atoms with E-state index in [2.05, 4.69) is 6.58 Å². The molecule has 0 radical (unpaired) electrons. The summed E-state index contributed by atoms with van der Waals surface area (Å²) in [4.78, 5) is 0. The van der Waals surface area contributed by atoms with Gasteiger partial charge in [0, 0.05) is 0 Å². The second-order valence-corrected chi connectivity index (χ2v) is 8.51. The molecule has 0 unspecified atom stereocenters. The van der Waals surface area contributed by atoms with Gasteiger partial charge < -0.3 is 28.8 Å². The van der Waals surface area contributed by atoms with Gasteiger partial charge in [0.05, 0.1) is 19.8 Å². The molecule has 6 heteroatoms. The van der Waals surface area contributed by atoms with E-state index in [1.807, 2.05) is 58.0 Å². The highest BCUT2D eigenvalue weighted by Crippen LogP contribution is 2.40. The van der Waals surface area contributed by atoms with Crippen molar-refractivity contribution in [1.82, 2.24) is 0 Å². The van der Waals surface area contributed by atoms with Crippen LogP contribution in [0.25, 0.3) is 0 Å². The second kappa shape index (κ2) is 7.86. The van der Waals surface area contributed by atoms with E-state index >= 15 is 0 Å². The van der Waals surface area contributed by atoms with Gasteiger partial charge in [0.15, 0.2) is 11.6 Å². The summed E-state index contributed by atoms with van der Waals surface area (Å²) in [7, 11) is 0. The SMILES string of the molecule is C=C(C)[C@@](O)([C@@H]1COC(C)(C)O1)[C@H](OCc1ccccc1)[C@@H]1COC(C)(C)O1. The maximum Gasteiger partial charge on any atom is 0.163 e. The number of aliphatic hydroxyl groups is 1. The van der Waals surface area contributed by atoms with Crippen LogP contribution in [0.2, 0.25) is 0 Å². The molecule has 2 aliphatic heterocycles. The van der Waals surface area contributed by atoms with Gasteiger partial charge in [-0.2, -0.15) is 0 Å². The van der Waals surface area contributed by atoms with Crippen molar-refractivity contribution in [1.29, 1.82) is 0 Å². The van der Waals surface area contributed by atoms with Crippen LogP contribution in [-0.4, -0.2) is 53.8 Å². The molecule has 1 N–H and O–H groups in total. The molecule has 0 aromatic heterocycles. The predicted octanol–water partition coefficient (Wildman–Crippen LogP) is 3.18. The van der Waals surface area contributed by atoms with Gasteiger partial charge in [0.2, 0.25) is 0 Å². The molecule has 6 nitrogen and oxygen atoms in total. The van der Waals surface area contributed by atoms with Crippen LogP contribution < -0.4 is 0 Å². The molecule has 1 aromatic carbocycles. The fraction of sp³-hybridized carbons (Fsp3) is 0.636. The smallest absolute Gasteiger partial charge is 0.163 e. The summed E-state index contributed by atoms with van der Waals surface area (Å²) in [6.07, 6.45) is -1.85. The van der Waals surface area contributed by atoms with Gasteiger partial charge in [0.25, 0.3) is 0 Å². The van der Waals surface area contributed by atoms with E-state index in [9.17, 15) is 5.11 Å². The largest absolute Gasteiger partial charge is 0.380 e. The Morgan fingerprint density at radius 2 is 1.75 bits per heavy atom. The van der Waals surface area contributed by atoms with Crippen LogP contribution in [0, 0.1) is 0 Å². The molecule has 4 atom stereocenters. The Morgan fingerprint density at radius 1 is 1.14 bits per heavy atom. The van der Waals surface area contributed by atoms with Crippen molar-refractivity contribution in [3.8, 4) is 0 Å². The molecular formula is C22H32O6. The molecule has 2 aliphatic rings. The lowest BCUT2D eigenvalue weighted by Gasteiger charge is -2.42. The van der Waals surface area contributed by atoms with E-state index in [1.165, 1.54) is 0 Å². The summed E-state index contributed by atoms with van der Waals surface area (Å²) in [6, 6.07) is 9.81. The molecule has 0 spiro atoms. The Morgan fingerprint density at radius 3 is 2.25 bits per heavy atom. The van der Waals surface area contributed by atoms with Crippen molar-refractivity contribution in [2.75, 3.05) is 13.2 Å². The predicted molar refractivity (Wildman–Crippen MR) is 105 cm³/mol. The topological polar surface area (TPSA) is 66.4 Å². The molecule has 2 fully saturated rings.